The van der Waals surface area contributed by atoms with E-state index in [1.807, 2.05) is 5.32 Å². The molecule has 28 heavy (non-hydrogen) atoms. The predicted octanol–water partition coefficient (Wildman–Crippen LogP) is 3.97. The number of amides is 1. The van der Waals surface area contributed by atoms with E-state index >= 15 is 0 Å². The van der Waals surface area contributed by atoms with Gasteiger partial charge in [-0.15, -0.1) is 0 Å². The summed E-state index contributed by atoms with van der Waals surface area (Å²) in [7, 11) is 0.760. The molecule has 0 aliphatic carbocycles. The second-order valence-electron chi connectivity index (χ2n) is 5.66. The molecule has 0 radical (unpaired) electrons. The lowest BCUT2D eigenvalue weighted by Gasteiger charge is -2.34. The summed E-state index contributed by atoms with van der Waals surface area (Å²) in [5.74, 6) is -3.36. The summed E-state index contributed by atoms with van der Waals surface area (Å²) < 4.78 is 46.3. The van der Waals surface area contributed by atoms with Crippen LogP contribution in [-0.4, -0.2) is 35.8 Å². The topological polar surface area (TPSA) is 80.3 Å². The first-order valence-electron chi connectivity index (χ1n) is 7.63. The Morgan fingerprint density at radius 3 is 2.36 bits per heavy atom. The van der Waals surface area contributed by atoms with Crippen LogP contribution in [0, 0.1) is 6.92 Å². The van der Waals surface area contributed by atoms with Crippen LogP contribution in [0.15, 0.2) is 36.5 Å². The van der Waals surface area contributed by atoms with Crippen LogP contribution in [0.5, 0.6) is 0 Å². The van der Waals surface area contributed by atoms with E-state index in [-0.39, 0.29) is 21.4 Å². The van der Waals surface area contributed by atoms with Gasteiger partial charge in [0.2, 0.25) is 0 Å². The number of hydrogen-bond donors (Lipinski definition) is 2. The number of pyridine rings is 1. The number of rotatable bonds is 5. The molecule has 0 bridgehead atoms. The zero-order valence-corrected chi connectivity index (χ0v) is 16.0. The molecule has 1 unspecified atom stereocenters. The minimum Gasteiger partial charge on any atom is -0.466 e. The van der Waals surface area contributed by atoms with Crippen molar-refractivity contribution in [3.8, 4) is 0 Å². The van der Waals surface area contributed by atoms with Crippen molar-refractivity contribution in [2.75, 3.05) is 12.4 Å². The maximum Gasteiger partial charge on any atom is 0.441 e. The summed E-state index contributed by atoms with van der Waals surface area (Å²) in [5, 5.41) is 3.58. The van der Waals surface area contributed by atoms with Crippen LogP contribution >= 0.6 is 23.2 Å². The van der Waals surface area contributed by atoms with Crippen LogP contribution < -0.4 is 10.6 Å². The zero-order chi connectivity index (χ0) is 21.1. The lowest BCUT2D eigenvalue weighted by molar-refractivity contribution is -0.203. The van der Waals surface area contributed by atoms with Gasteiger partial charge in [0.25, 0.3) is 5.91 Å². The Kier molecular flexibility index (Phi) is 6.41. The summed E-state index contributed by atoms with van der Waals surface area (Å²) >= 11 is 11.6. The molecule has 0 aliphatic rings. The molecule has 150 valence electrons. The fraction of sp³-hybridized carbons (Fsp3) is 0.235. The molecule has 11 heteroatoms. The lowest BCUT2D eigenvalue weighted by atomic mass is 10.1. The van der Waals surface area contributed by atoms with Gasteiger partial charge in [-0.05, 0) is 42.8 Å². The number of hydrogen-bond acceptors (Lipinski definition) is 5. The fourth-order valence-corrected chi connectivity index (χ4v) is 2.75. The number of ether oxygens (including phenoxy) is 1. The number of esters is 1. The Hall–Kier alpha value is -2.52. The van der Waals surface area contributed by atoms with E-state index in [0.717, 1.165) is 13.2 Å². The Balaban J connectivity index is 2.53. The lowest BCUT2D eigenvalue weighted by Crippen LogP contribution is -2.69. The molecular weight excluding hydrogens is 422 g/mol. The number of alkyl halides is 3. The minimum absolute atomic E-state index is 0.179. The number of methoxy groups -OCH3 is 1. The number of carbonyl (C=O) groups is 2. The third-order valence-electron chi connectivity index (χ3n) is 3.62. The van der Waals surface area contributed by atoms with E-state index in [0.29, 0.717) is 5.56 Å². The normalized spacial score (nSPS) is 13.4. The van der Waals surface area contributed by atoms with Crippen molar-refractivity contribution in [2.24, 2.45) is 0 Å². The Morgan fingerprint density at radius 2 is 1.82 bits per heavy atom. The summed E-state index contributed by atoms with van der Waals surface area (Å²) in [5.41, 5.74) is -3.35. The standard InChI is InChI=1S/C17H14Cl2F3N3O3/c1-9-5-6-23-13(7-9)24-16(15(27)28-2,17(20,21)22)25-14(26)11-4-3-10(18)8-12(11)19/h3-8H,1-2H3,(H,23,24)(H,25,26). The van der Waals surface area contributed by atoms with E-state index in [2.05, 4.69) is 9.72 Å². The van der Waals surface area contributed by atoms with Gasteiger partial charge >= 0.3 is 17.8 Å². The van der Waals surface area contributed by atoms with Crippen LogP contribution in [-0.2, 0) is 9.53 Å². The molecule has 0 fully saturated rings. The van der Waals surface area contributed by atoms with Crippen molar-refractivity contribution in [2.45, 2.75) is 18.8 Å². The number of aromatic nitrogens is 1. The molecular formula is C17H14Cl2F3N3O3. The highest BCUT2D eigenvalue weighted by Crippen LogP contribution is 2.33. The first-order valence-corrected chi connectivity index (χ1v) is 8.39. The Bertz CT molecular complexity index is 909. The molecule has 0 spiro atoms. The van der Waals surface area contributed by atoms with E-state index in [1.165, 1.54) is 24.4 Å². The van der Waals surface area contributed by atoms with Gasteiger partial charge in [0, 0.05) is 11.2 Å². The third-order valence-corrected chi connectivity index (χ3v) is 4.17. The highest BCUT2D eigenvalue weighted by Gasteiger charge is 2.63. The first kappa shape index (κ1) is 21.8. The van der Waals surface area contributed by atoms with Gasteiger partial charge in [-0.3, -0.25) is 4.79 Å². The van der Waals surface area contributed by atoms with Crippen LogP contribution in [0.1, 0.15) is 15.9 Å². The van der Waals surface area contributed by atoms with Gasteiger partial charge in [0.1, 0.15) is 5.82 Å². The van der Waals surface area contributed by atoms with Crippen LogP contribution in [0.25, 0.3) is 0 Å². The first-order chi connectivity index (χ1) is 13.0. The number of aryl methyl sites for hydroxylation is 1. The predicted molar refractivity (Wildman–Crippen MR) is 97.3 cm³/mol. The quantitative estimate of drug-likeness (QED) is 0.548. The van der Waals surface area contributed by atoms with Gasteiger partial charge in [-0.25, -0.2) is 9.78 Å². The van der Waals surface area contributed by atoms with Crippen molar-refractivity contribution >= 4 is 40.9 Å². The van der Waals surface area contributed by atoms with Gasteiger partial charge in [-0.2, -0.15) is 13.2 Å². The van der Waals surface area contributed by atoms with Gasteiger partial charge in [0.05, 0.1) is 17.7 Å². The summed E-state index contributed by atoms with van der Waals surface area (Å²) in [6, 6.07) is 6.39. The van der Waals surface area contributed by atoms with Crippen LogP contribution in [0.3, 0.4) is 0 Å². The SMILES string of the molecule is COC(=O)C(NC(=O)c1ccc(Cl)cc1Cl)(Nc1cc(C)ccn1)C(F)(F)F. The summed E-state index contributed by atoms with van der Waals surface area (Å²) in [6.45, 7) is 1.62. The van der Waals surface area contributed by atoms with Crippen LogP contribution in [0.4, 0.5) is 19.0 Å². The minimum atomic E-state index is -5.29. The smallest absolute Gasteiger partial charge is 0.441 e. The molecule has 6 nitrogen and oxygen atoms in total. The molecule has 1 amide bonds. The molecule has 1 aromatic heterocycles. The molecule has 1 atom stereocenters. The van der Waals surface area contributed by atoms with Crippen molar-refractivity contribution in [3.05, 3.63) is 57.7 Å². The van der Waals surface area contributed by atoms with E-state index < -0.39 is 23.7 Å². The van der Waals surface area contributed by atoms with Gasteiger partial charge < -0.3 is 15.4 Å². The Morgan fingerprint density at radius 1 is 1.14 bits per heavy atom. The average molecular weight is 436 g/mol. The molecule has 1 heterocycles. The fourth-order valence-electron chi connectivity index (χ4n) is 2.25. The maximum atomic E-state index is 14.0. The van der Waals surface area contributed by atoms with E-state index in [9.17, 15) is 22.8 Å². The summed E-state index contributed by atoms with van der Waals surface area (Å²) in [6.07, 6.45) is -4.05. The molecule has 1 aromatic carbocycles. The highest BCUT2D eigenvalue weighted by molar-refractivity contribution is 6.36. The number of anilines is 1. The molecule has 0 aliphatic heterocycles. The molecule has 0 saturated heterocycles. The van der Waals surface area contributed by atoms with Crippen LogP contribution in [0.2, 0.25) is 10.0 Å². The maximum absolute atomic E-state index is 14.0. The third kappa shape index (κ3) is 4.48. The largest absolute Gasteiger partial charge is 0.466 e. The molecule has 2 aromatic rings. The number of nitrogens with one attached hydrogen (secondary N) is 2. The zero-order valence-electron chi connectivity index (χ0n) is 14.5. The van der Waals surface area contributed by atoms with Gasteiger partial charge in [-0.1, -0.05) is 23.2 Å². The monoisotopic (exact) mass is 435 g/mol. The number of benzene rings is 1. The van der Waals surface area contributed by atoms with Gasteiger partial charge in [0.15, 0.2) is 0 Å². The van der Waals surface area contributed by atoms with Crippen molar-refractivity contribution in [1.82, 2.24) is 10.3 Å². The number of carbonyl (C=O) groups excluding carboxylic acids is 2. The second kappa shape index (κ2) is 8.24. The van der Waals surface area contributed by atoms with Crippen molar-refractivity contribution in [1.29, 1.82) is 0 Å². The number of halogens is 5. The molecule has 2 rings (SSSR count). The second-order valence-corrected chi connectivity index (χ2v) is 6.50. The van der Waals surface area contributed by atoms with E-state index in [4.69, 9.17) is 23.2 Å². The average Bonchev–Trinajstić information content (AvgIpc) is 2.59. The van der Waals surface area contributed by atoms with Crippen molar-refractivity contribution < 1.29 is 27.5 Å². The Labute approximate surface area is 168 Å². The van der Waals surface area contributed by atoms with Crippen molar-refractivity contribution in [3.63, 3.8) is 0 Å². The van der Waals surface area contributed by atoms with E-state index in [1.54, 1.807) is 18.3 Å². The molecule has 0 saturated carbocycles. The molecule has 2 N–H and O–H groups in total. The number of nitrogens with zero attached hydrogens (tertiary/aromatic N) is 1. The highest BCUT2D eigenvalue weighted by atomic mass is 35.5. The summed E-state index contributed by atoms with van der Waals surface area (Å²) in [4.78, 5) is 28.4.